The minimum absolute atomic E-state index is 0.190. The van der Waals surface area contributed by atoms with E-state index >= 15 is 0 Å². The molecule has 1 atom stereocenters. The third-order valence-electron chi connectivity index (χ3n) is 3.19. The summed E-state index contributed by atoms with van der Waals surface area (Å²) in [6.45, 7) is 4.06. The van der Waals surface area contributed by atoms with Crippen LogP contribution in [0.4, 0.5) is 0 Å². The average Bonchev–Trinajstić information content (AvgIpc) is 2.54. The van der Waals surface area contributed by atoms with Crippen LogP contribution in [0.1, 0.15) is 13.8 Å². The number of carbonyl (C=O) groups excluding carboxylic acids is 1. The fourth-order valence-electron chi connectivity index (χ4n) is 1.68. The number of rotatable bonds is 5. The van der Waals surface area contributed by atoms with Crippen molar-refractivity contribution in [3.63, 3.8) is 0 Å². The molecule has 100 valence electrons. The zero-order chi connectivity index (χ0) is 13.3. The highest BCUT2D eigenvalue weighted by Crippen LogP contribution is 2.46. The van der Waals surface area contributed by atoms with Gasteiger partial charge in [0, 0.05) is 14.2 Å². The first kappa shape index (κ1) is 14.8. The van der Waals surface area contributed by atoms with Gasteiger partial charge in [-0.2, -0.15) is 0 Å². The van der Waals surface area contributed by atoms with E-state index in [4.69, 9.17) is 13.8 Å². The predicted molar refractivity (Wildman–Crippen MR) is 63.1 cm³/mol. The first-order valence-corrected chi connectivity index (χ1v) is 7.08. The van der Waals surface area contributed by atoms with Crippen molar-refractivity contribution in [3.8, 4) is 0 Å². The molecule has 0 N–H and O–H groups in total. The predicted octanol–water partition coefficient (Wildman–Crippen LogP) is 1.11. The number of Topliss-reactive ketones (excluding diaryl/α,β-unsaturated/α-hetero) is 1. The second kappa shape index (κ2) is 5.16. The quantitative estimate of drug-likeness (QED) is 0.694. The lowest BCUT2D eigenvalue weighted by Gasteiger charge is -2.29. The maximum Gasteiger partial charge on any atom is 0.337 e. The van der Waals surface area contributed by atoms with Crippen LogP contribution in [0.3, 0.4) is 0 Å². The molecule has 0 bridgehead atoms. The first-order chi connectivity index (χ1) is 7.75. The Kier molecular flexibility index (Phi) is 4.49. The molecule has 0 aliphatic carbocycles. The Morgan fingerprint density at radius 2 is 2.00 bits per heavy atom. The maximum absolute atomic E-state index is 12.0. The molecule has 0 radical (unpaired) electrons. The Morgan fingerprint density at radius 1 is 1.47 bits per heavy atom. The smallest absolute Gasteiger partial charge is 0.337 e. The van der Waals surface area contributed by atoms with Crippen molar-refractivity contribution in [2.45, 2.75) is 25.6 Å². The van der Waals surface area contributed by atoms with Crippen LogP contribution in [-0.2, 0) is 23.1 Å². The summed E-state index contributed by atoms with van der Waals surface area (Å²) in [5, 5.41) is 0. The number of ether oxygens (including phenoxy) is 1. The molecule has 0 spiro atoms. The van der Waals surface area contributed by atoms with E-state index in [1.165, 1.54) is 14.2 Å². The number of hydrogen-bond donors (Lipinski definition) is 0. The summed E-state index contributed by atoms with van der Waals surface area (Å²) in [5.41, 5.74) is -0.482. The second-order valence-electron chi connectivity index (χ2n) is 4.48. The van der Waals surface area contributed by atoms with E-state index in [1.54, 1.807) is 7.05 Å². The van der Waals surface area contributed by atoms with Gasteiger partial charge in [-0.05, 0) is 20.9 Å². The number of ketones is 1. The van der Waals surface area contributed by atoms with Crippen LogP contribution in [0.25, 0.3) is 0 Å². The summed E-state index contributed by atoms with van der Waals surface area (Å²) in [5.74, 6) is -0.190. The highest BCUT2D eigenvalue weighted by molar-refractivity contribution is 7.54. The first-order valence-electron chi connectivity index (χ1n) is 5.36. The Bertz CT molecular complexity index is 336. The Labute approximate surface area is 102 Å². The summed E-state index contributed by atoms with van der Waals surface area (Å²) < 4.78 is 26.9. The van der Waals surface area contributed by atoms with Crippen LogP contribution in [0, 0.1) is 0 Å². The SMILES string of the molecule is COP(=O)(CC(=O)[C@@H]1COC(C)(C)N1C)OC. The van der Waals surface area contributed by atoms with E-state index in [1.807, 2.05) is 18.7 Å². The second-order valence-corrected chi connectivity index (χ2v) is 6.75. The van der Waals surface area contributed by atoms with E-state index in [0.29, 0.717) is 6.61 Å². The molecule has 1 heterocycles. The van der Waals surface area contributed by atoms with Crippen molar-refractivity contribution in [2.24, 2.45) is 0 Å². The molecular formula is C10H20NO5P. The topological polar surface area (TPSA) is 65.1 Å². The number of hydrogen-bond acceptors (Lipinski definition) is 6. The molecule has 0 saturated carbocycles. The van der Waals surface area contributed by atoms with Gasteiger partial charge in [-0.3, -0.25) is 14.3 Å². The summed E-state index contributed by atoms with van der Waals surface area (Å²) in [7, 11) is 1.06. The van der Waals surface area contributed by atoms with Gasteiger partial charge in [0.05, 0.1) is 12.6 Å². The largest absolute Gasteiger partial charge is 0.359 e. The van der Waals surface area contributed by atoms with Crippen molar-refractivity contribution < 1.29 is 23.1 Å². The van der Waals surface area contributed by atoms with Gasteiger partial charge in [0.2, 0.25) is 0 Å². The van der Waals surface area contributed by atoms with Crippen molar-refractivity contribution in [3.05, 3.63) is 0 Å². The van der Waals surface area contributed by atoms with Crippen molar-refractivity contribution in [1.82, 2.24) is 4.90 Å². The molecule has 7 heteroatoms. The Morgan fingerprint density at radius 3 is 2.35 bits per heavy atom. The Hall–Kier alpha value is -0.260. The zero-order valence-electron chi connectivity index (χ0n) is 10.9. The van der Waals surface area contributed by atoms with Crippen LogP contribution in [0.5, 0.6) is 0 Å². The van der Waals surface area contributed by atoms with Gasteiger partial charge in [-0.25, -0.2) is 0 Å². The van der Waals surface area contributed by atoms with E-state index in [9.17, 15) is 9.36 Å². The van der Waals surface area contributed by atoms with Crippen molar-refractivity contribution in [1.29, 1.82) is 0 Å². The van der Waals surface area contributed by atoms with Crippen LogP contribution >= 0.6 is 7.60 Å². The molecule has 1 aliphatic rings. The van der Waals surface area contributed by atoms with Gasteiger partial charge < -0.3 is 13.8 Å². The van der Waals surface area contributed by atoms with E-state index in [0.717, 1.165) is 0 Å². The molecule has 1 rings (SSSR count). The maximum atomic E-state index is 12.0. The Balaban J connectivity index is 2.70. The third kappa shape index (κ3) is 3.14. The number of carbonyl (C=O) groups is 1. The van der Waals surface area contributed by atoms with Gasteiger partial charge in [0.25, 0.3) is 0 Å². The van der Waals surface area contributed by atoms with E-state index in [-0.39, 0.29) is 11.9 Å². The van der Waals surface area contributed by atoms with Crippen LogP contribution in [-0.4, -0.2) is 56.5 Å². The lowest BCUT2D eigenvalue weighted by molar-refractivity contribution is -0.121. The molecule has 1 saturated heterocycles. The lowest BCUT2D eigenvalue weighted by Crippen LogP contribution is -2.44. The molecule has 6 nitrogen and oxygen atoms in total. The van der Waals surface area contributed by atoms with Crippen LogP contribution in [0.15, 0.2) is 0 Å². The minimum atomic E-state index is -3.29. The zero-order valence-corrected chi connectivity index (χ0v) is 11.8. The van der Waals surface area contributed by atoms with Crippen LogP contribution in [0.2, 0.25) is 0 Å². The fourth-order valence-corrected chi connectivity index (χ4v) is 2.68. The number of nitrogens with zero attached hydrogens (tertiary/aromatic N) is 1. The van der Waals surface area contributed by atoms with Gasteiger partial charge in [-0.1, -0.05) is 0 Å². The van der Waals surface area contributed by atoms with Crippen molar-refractivity contribution in [2.75, 3.05) is 34.0 Å². The molecule has 0 aromatic heterocycles. The van der Waals surface area contributed by atoms with Gasteiger partial charge >= 0.3 is 7.60 Å². The monoisotopic (exact) mass is 265 g/mol. The molecule has 17 heavy (non-hydrogen) atoms. The van der Waals surface area contributed by atoms with E-state index in [2.05, 4.69) is 0 Å². The molecule has 0 aromatic rings. The van der Waals surface area contributed by atoms with Gasteiger partial charge in [0.1, 0.15) is 11.9 Å². The van der Waals surface area contributed by atoms with Crippen LogP contribution < -0.4 is 0 Å². The highest BCUT2D eigenvalue weighted by atomic mass is 31.2. The molecule has 1 fully saturated rings. The molecule has 0 unspecified atom stereocenters. The summed E-state index contributed by atoms with van der Waals surface area (Å²) >= 11 is 0. The van der Waals surface area contributed by atoms with Crippen molar-refractivity contribution >= 4 is 13.4 Å². The summed E-state index contributed by atoms with van der Waals surface area (Å²) in [6.07, 6.45) is -0.228. The normalized spacial score (nSPS) is 25.1. The third-order valence-corrected chi connectivity index (χ3v) is 5.00. The molecule has 0 amide bonds. The molecule has 0 aromatic carbocycles. The molecule has 1 aliphatic heterocycles. The standard InChI is InChI=1S/C10H20NO5P/c1-10(2)11(3)8(6-16-10)9(12)7-17(13,14-4)15-5/h8H,6-7H2,1-5H3/t8-/m0/s1. The fraction of sp³-hybridized carbons (Fsp3) is 0.900. The lowest BCUT2D eigenvalue weighted by atomic mass is 10.2. The summed E-state index contributed by atoms with van der Waals surface area (Å²) in [4.78, 5) is 13.8. The minimum Gasteiger partial charge on any atom is -0.359 e. The molecular weight excluding hydrogens is 245 g/mol. The van der Waals surface area contributed by atoms with Gasteiger partial charge in [0.15, 0.2) is 5.78 Å². The van der Waals surface area contributed by atoms with E-state index < -0.39 is 19.4 Å². The summed E-state index contributed by atoms with van der Waals surface area (Å²) in [6, 6.07) is -0.399. The number of likely N-dealkylation sites (N-methyl/N-ethyl adjacent to an activating group) is 1. The highest BCUT2D eigenvalue weighted by Gasteiger charge is 2.43. The van der Waals surface area contributed by atoms with Gasteiger partial charge in [-0.15, -0.1) is 0 Å². The average molecular weight is 265 g/mol.